The van der Waals surface area contributed by atoms with E-state index in [2.05, 4.69) is 41.1 Å². The molecule has 1 heterocycles. The van der Waals surface area contributed by atoms with Crippen LogP contribution in [0.4, 0.5) is 5.82 Å². The molecule has 100 valence electrons. The first kappa shape index (κ1) is 13.6. The molecule has 3 heteroatoms. The second-order valence-corrected chi connectivity index (χ2v) is 4.94. The predicted octanol–water partition coefficient (Wildman–Crippen LogP) is 3.08. The molecule has 1 atom stereocenters. The molecule has 1 N–H and O–H groups in total. The van der Waals surface area contributed by atoms with Crippen LogP contribution >= 0.6 is 0 Å². The zero-order valence-electron chi connectivity index (χ0n) is 11.7. The Kier molecular flexibility index (Phi) is 4.17. The quantitative estimate of drug-likeness (QED) is 0.913. The summed E-state index contributed by atoms with van der Waals surface area (Å²) in [5, 5.41) is 9.80. The lowest BCUT2D eigenvalue weighted by Crippen LogP contribution is -2.20. The molecule has 1 aromatic heterocycles. The summed E-state index contributed by atoms with van der Waals surface area (Å²) in [4.78, 5) is 6.45. The monoisotopic (exact) mass is 256 g/mol. The molecule has 2 rings (SSSR count). The highest BCUT2D eigenvalue weighted by atomic mass is 16.3. The lowest BCUT2D eigenvalue weighted by Gasteiger charge is -2.22. The first-order valence-corrected chi connectivity index (χ1v) is 6.47. The Labute approximate surface area is 114 Å². The van der Waals surface area contributed by atoms with Gasteiger partial charge in [-0.05, 0) is 25.5 Å². The number of aliphatic hydroxyl groups excluding tert-OH is 1. The van der Waals surface area contributed by atoms with Gasteiger partial charge in [0.25, 0.3) is 0 Å². The van der Waals surface area contributed by atoms with Crippen molar-refractivity contribution < 1.29 is 5.11 Å². The molecule has 0 bridgehead atoms. The molecule has 1 aromatic carbocycles. The van der Waals surface area contributed by atoms with Crippen LogP contribution in [-0.4, -0.2) is 17.1 Å². The molecule has 1 unspecified atom stereocenters. The molecular formula is C16H20N2O. The highest BCUT2D eigenvalue weighted by Crippen LogP contribution is 2.23. The fourth-order valence-corrected chi connectivity index (χ4v) is 2.21. The van der Waals surface area contributed by atoms with Gasteiger partial charge in [-0.1, -0.05) is 35.9 Å². The lowest BCUT2D eigenvalue weighted by molar-refractivity contribution is 0.199. The van der Waals surface area contributed by atoms with Crippen LogP contribution in [0.25, 0.3) is 0 Å². The van der Waals surface area contributed by atoms with E-state index >= 15 is 0 Å². The van der Waals surface area contributed by atoms with E-state index in [0.29, 0.717) is 0 Å². The summed E-state index contributed by atoms with van der Waals surface area (Å²) in [6, 6.07) is 12.2. The largest absolute Gasteiger partial charge is 0.389 e. The van der Waals surface area contributed by atoms with E-state index in [4.69, 9.17) is 0 Å². The molecule has 19 heavy (non-hydrogen) atoms. The van der Waals surface area contributed by atoms with Crippen molar-refractivity contribution in [2.24, 2.45) is 0 Å². The number of aromatic nitrogens is 1. The van der Waals surface area contributed by atoms with Crippen molar-refractivity contribution in [3.8, 4) is 0 Å². The summed E-state index contributed by atoms with van der Waals surface area (Å²) in [6.45, 7) is 4.63. The van der Waals surface area contributed by atoms with Gasteiger partial charge in [-0.3, -0.25) is 0 Å². The van der Waals surface area contributed by atoms with Crippen LogP contribution in [-0.2, 0) is 6.54 Å². The van der Waals surface area contributed by atoms with E-state index in [-0.39, 0.29) is 0 Å². The van der Waals surface area contributed by atoms with Crippen molar-refractivity contribution >= 4 is 5.82 Å². The van der Waals surface area contributed by atoms with Crippen LogP contribution in [0.1, 0.15) is 29.7 Å². The zero-order chi connectivity index (χ0) is 13.8. The minimum Gasteiger partial charge on any atom is -0.389 e. The van der Waals surface area contributed by atoms with Crippen LogP contribution in [0.15, 0.2) is 42.6 Å². The summed E-state index contributed by atoms with van der Waals surface area (Å²) in [6.07, 6.45) is 1.25. The smallest absolute Gasteiger partial charge is 0.134 e. The van der Waals surface area contributed by atoms with Gasteiger partial charge >= 0.3 is 0 Å². The number of pyridine rings is 1. The highest BCUT2D eigenvalue weighted by Gasteiger charge is 2.12. The minimum atomic E-state index is -0.511. The van der Waals surface area contributed by atoms with Gasteiger partial charge in [0.1, 0.15) is 5.82 Å². The van der Waals surface area contributed by atoms with Crippen LogP contribution < -0.4 is 4.90 Å². The highest BCUT2D eigenvalue weighted by molar-refractivity contribution is 5.47. The van der Waals surface area contributed by atoms with Crippen molar-refractivity contribution in [1.82, 2.24) is 4.98 Å². The van der Waals surface area contributed by atoms with Gasteiger partial charge in [-0.25, -0.2) is 4.98 Å². The van der Waals surface area contributed by atoms with Gasteiger partial charge in [-0.2, -0.15) is 0 Å². The minimum absolute atomic E-state index is 0.511. The molecule has 0 aliphatic heterocycles. The molecule has 0 aliphatic rings. The molecule has 0 amide bonds. The topological polar surface area (TPSA) is 36.4 Å². The summed E-state index contributed by atoms with van der Waals surface area (Å²) >= 11 is 0. The lowest BCUT2D eigenvalue weighted by atomic mass is 10.1. The molecule has 0 fully saturated rings. The van der Waals surface area contributed by atoms with Gasteiger partial charge in [0.2, 0.25) is 0 Å². The number of benzene rings is 1. The maximum Gasteiger partial charge on any atom is 0.134 e. The van der Waals surface area contributed by atoms with Crippen LogP contribution in [0, 0.1) is 6.92 Å². The van der Waals surface area contributed by atoms with E-state index in [9.17, 15) is 5.11 Å². The number of aryl methyl sites for hydroxylation is 1. The van der Waals surface area contributed by atoms with E-state index < -0.39 is 6.10 Å². The van der Waals surface area contributed by atoms with E-state index in [0.717, 1.165) is 17.9 Å². The molecule has 0 spiro atoms. The third kappa shape index (κ3) is 3.32. The third-order valence-electron chi connectivity index (χ3n) is 3.13. The Hall–Kier alpha value is -1.87. The molecule has 0 saturated carbocycles. The van der Waals surface area contributed by atoms with Crippen molar-refractivity contribution in [2.75, 3.05) is 11.9 Å². The summed E-state index contributed by atoms with van der Waals surface area (Å²) in [5.41, 5.74) is 3.35. The first-order chi connectivity index (χ1) is 9.08. The Morgan fingerprint density at radius 3 is 2.74 bits per heavy atom. The third-order valence-corrected chi connectivity index (χ3v) is 3.13. The van der Waals surface area contributed by atoms with Crippen LogP contribution in [0.5, 0.6) is 0 Å². The fourth-order valence-electron chi connectivity index (χ4n) is 2.21. The SMILES string of the molecule is Cc1cccc(CN(C)c2ncccc2C(C)O)c1. The number of hydrogen-bond donors (Lipinski definition) is 1. The maximum absolute atomic E-state index is 9.80. The Bertz CT molecular complexity index is 552. The summed E-state index contributed by atoms with van der Waals surface area (Å²) in [5.74, 6) is 0.832. The molecular weight excluding hydrogens is 236 g/mol. The number of nitrogens with zero attached hydrogens (tertiary/aromatic N) is 2. The van der Waals surface area contributed by atoms with Gasteiger partial charge in [0, 0.05) is 25.4 Å². The average Bonchev–Trinajstić information content (AvgIpc) is 2.38. The summed E-state index contributed by atoms with van der Waals surface area (Å²) < 4.78 is 0. The molecule has 3 nitrogen and oxygen atoms in total. The second kappa shape index (κ2) is 5.85. The maximum atomic E-state index is 9.80. The number of aliphatic hydroxyl groups is 1. The van der Waals surface area contributed by atoms with Crippen molar-refractivity contribution in [1.29, 1.82) is 0 Å². The fraction of sp³-hybridized carbons (Fsp3) is 0.312. The van der Waals surface area contributed by atoms with Gasteiger partial charge in [0.05, 0.1) is 6.10 Å². The summed E-state index contributed by atoms with van der Waals surface area (Å²) in [7, 11) is 2.00. The van der Waals surface area contributed by atoms with E-state index in [1.165, 1.54) is 11.1 Å². The van der Waals surface area contributed by atoms with Gasteiger partial charge in [-0.15, -0.1) is 0 Å². The Morgan fingerprint density at radius 2 is 2.05 bits per heavy atom. The molecule has 0 aliphatic carbocycles. The number of hydrogen-bond acceptors (Lipinski definition) is 3. The second-order valence-electron chi connectivity index (χ2n) is 4.94. The Balaban J connectivity index is 2.23. The van der Waals surface area contributed by atoms with Crippen LogP contribution in [0.3, 0.4) is 0 Å². The van der Waals surface area contributed by atoms with Crippen molar-refractivity contribution in [3.63, 3.8) is 0 Å². The van der Waals surface area contributed by atoms with Crippen molar-refractivity contribution in [3.05, 3.63) is 59.3 Å². The first-order valence-electron chi connectivity index (χ1n) is 6.47. The van der Waals surface area contributed by atoms with Crippen molar-refractivity contribution in [2.45, 2.75) is 26.5 Å². The van der Waals surface area contributed by atoms with E-state index in [1.807, 2.05) is 19.2 Å². The molecule has 2 aromatic rings. The average molecular weight is 256 g/mol. The Morgan fingerprint density at radius 1 is 1.26 bits per heavy atom. The van der Waals surface area contributed by atoms with Crippen LogP contribution in [0.2, 0.25) is 0 Å². The molecule has 0 radical (unpaired) electrons. The predicted molar refractivity (Wildman–Crippen MR) is 78.2 cm³/mol. The number of anilines is 1. The van der Waals surface area contributed by atoms with Gasteiger partial charge in [0.15, 0.2) is 0 Å². The standard InChI is InChI=1S/C16H20N2O/c1-12-6-4-7-14(10-12)11-18(3)16-15(13(2)19)8-5-9-17-16/h4-10,13,19H,11H2,1-3H3. The molecule has 0 saturated heterocycles. The van der Waals surface area contributed by atoms with Gasteiger partial charge < -0.3 is 10.0 Å². The van der Waals surface area contributed by atoms with E-state index in [1.54, 1.807) is 13.1 Å². The normalized spacial score (nSPS) is 12.2. The zero-order valence-corrected chi connectivity index (χ0v) is 11.7. The number of rotatable bonds is 4.